The summed E-state index contributed by atoms with van der Waals surface area (Å²) in [7, 11) is 3.08. The average Bonchev–Trinajstić information content (AvgIpc) is 3.30. The third kappa shape index (κ3) is 4.07. The van der Waals surface area contributed by atoms with Crippen LogP contribution in [0, 0.1) is 0 Å². The van der Waals surface area contributed by atoms with Crippen molar-refractivity contribution >= 4 is 34.5 Å². The second-order valence-corrected chi connectivity index (χ2v) is 6.67. The molecule has 1 aromatic carbocycles. The number of thioether (sulfide) groups is 1. The Kier molecular flexibility index (Phi) is 6.10. The van der Waals surface area contributed by atoms with Crippen LogP contribution in [-0.2, 0) is 9.53 Å². The molecule has 0 aliphatic carbocycles. The second-order valence-electron chi connectivity index (χ2n) is 5.64. The van der Waals surface area contributed by atoms with Crippen molar-refractivity contribution in [1.29, 1.82) is 0 Å². The van der Waals surface area contributed by atoms with Crippen LogP contribution in [0.5, 0.6) is 11.5 Å². The molecule has 0 spiro atoms. The van der Waals surface area contributed by atoms with Gasteiger partial charge in [0.15, 0.2) is 11.5 Å². The summed E-state index contributed by atoms with van der Waals surface area (Å²) < 4.78 is 15.6. The van der Waals surface area contributed by atoms with E-state index >= 15 is 0 Å². The van der Waals surface area contributed by atoms with E-state index in [-0.39, 0.29) is 17.9 Å². The molecule has 7 nitrogen and oxygen atoms in total. The van der Waals surface area contributed by atoms with Crippen LogP contribution in [0.15, 0.2) is 57.8 Å². The Bertz CT molecular complexity index is 961. The quantitative estimate of drug-likeness (QED) is 0.705. The molecule has 0 saturated carbocycles. The van der Waals surface area contributed by atoms with E-state index in [4.69, 9.17) is 14.2 Å². The van der Waals surface area contributed by atoms with Gasteiger partial charge in [0.25, 0.3) is 0 Å². The van der Waals surface area contributed by atoms with Crippen LogP contribution in [0.2, 0.25) is 0 Å². The van der Waals surface area contributed by atoms with Gasteiger partial charge in [0.05, 0.1) is 31.4 Å². The predicted octanol–water partition coefficient (Wildman–Crippen LogP) is 4.23. The first kappa shape index (κ1) is 19.6. The number of aliphatic imine (C=N–C) groups is 1. The van der Waals surface area contributed by atoms with E-state index in [9.17, 15) is 9.90 Å². The summed E-state index contributed by atoms with van der Waals surface area (Å²) in [5, 5.41) is 11.0. The zero-order chi connectivity index (χ0) is 20.1. The van der Waals surface area contributed by atoms with Gasteiger partial charge in [-0.1, -0.05) is 11.8 Å². The van der Waals surface area contributed by atoms with Gasteiger partial charge in [0, 0.05) is 18.0 Å². The number of aromatic amines is 1. The number of hydrogen-bond acceptors (Lipinski definition) is 7. The molecule has 0 fully saturated rings. The van der Waals surface area contributed by atoms with Crippen molar-refractivity contribution in [2.24, 2.45) is 4.99 Å². The fraction of sp³-hybridized carbons (Fsp3) is 0.200. The van der Waals surface area contributed by atoms with Crippen LogP contribution in [0.4, 0.5) is 5.69 Å². The molecule has 2 aromatic rings. The summed E-state index contributed by atoms with van der Waals surface area (Å²) in [6.07, 6.45) is 3.52. The number of benzene rings is 1. The van der Waals surface area contributed by atoms with E-state index in [1.807, 2.05) is 12.1 Å². The lowest BCUT2D eigenvalue weighted by Crippen LogP contribution is -2.12. The maximum atomic E-state index is 12.4. The van der Waals surface area contributed by atoms with Crippen molar-refractivity contribution in [3.8, 4) is 11.5 Å². The third-order valence-corrected chi connectivity index (χ3v) is 4.90. The van der Waals surface area contributed by atoms with Gasteiger partial charge >= 0.3 is 5.97 Å². The van der Waals surface area contributed by atoms with Gasteiger partial charge in [0.1, 0.15) is 16.4 Å². The maximum absolute atomic E-state index is 12.4. The fourth-order valence-electron chi connectivity index (χ4n) is 2.58. The van der Waals surface area contributed by atoms with Crippen LogP contribution in [0.25, 0.3) is 6.08 Å². The van der Waals surface area contributed by atoms with Crippen molar-refractivity contribution in [1.82, 2.24) is 4.98 Å². The number of rotatable bonds is 6. The highest BCUT2D eigenvalue weighted by Crippen LogP contribution is 2.41. The van der Waals surface area contributed by atoms with Crippen molar-refractivity contribution in [2.75, 3.05) is 20.8 Å². The van der Waals surface area contributed by atoms with E-state index in [0.29, 0.717) is 27.1 Å². The topological polar surface area (TPSA) is 93.1 Å². The van der Waals surface area contributed by atoms with Crippen molar-refractivity contribution < 1.29 is 24.1 Å². The average molecular weight is 400 g/mol. The summed E-state index contributed by atoms with van der Waals surface area (Å²) in [6.45, 7) is 1.90. The normalized spacial score (nSPS) is 16.7. The Morgan fingerprint density at radius 3 is 2.68 bits per heavy atom. The van der Waals surface area contributed by atoms with E-state index < -0.39 is 5.97 Å². The molecule has 2 N–H and O–H groups in total. The predicted molar refractivity (Wildman–Crippen MR) is 109 cm³/mol. The van der Waals surface area contributed by atoms with Crippen molar-refractivity contribution in [2.45, 2.75) is 6.92 Å². The number of H-pyrrole nitrogens is 1. The molecule has 0 radical (unpaired) electrons. The summed E-state index contributed by atoms with van der Waals surface area (Å²) in [4.78, 5) is 20.5. The van der Waals surface area contributed by atoms with Gasteiger partial charge in [-0.25, -0.2) is 9.79 Å². The Balaban J connectivity index is 2.03. The standard InChI is InChI=1S/C20H20N2O5S/c1-4-27-20(24)17-18(23)16(11-12-6-5-9-21-12)28-19(17)22-13-7-8-14(25-2)15(10-13)26-3/h5-11,21,23H,4H2,1-3H3/b16-11-,22-19?. The molecule has 0 unspecified atom stereocenters. The number of nitrogens with zero attached hydrogens (tertiary/aromatic N) is 1. The molecule has 1 aliphatic rings. The van der Waals surface area contributed by atoms with Gasteiger partial charge in [-0.15, -0.1) is 0 Å². The van der Waals surface area contributed by atoms with Gasteiger partial charge in [-0.3, -0.25) is 0 Å². The number of carbonyl (C=O) groups excluding carboxylic acids is 1. The molecule has 1 aromatic heterocycles. The first-order valence-corrected chi connectivity index (χ1v) is 9.33. The molecule has 0 atom stereocenters. The summed E-state index contributed by atoms with van der Waals surface area (Å²) in [5.41, 5.74) is 1.39. The number of carbonyl (C=O) groups is 1. The molecule has 146 valence electrons. The van der Waals surface area contributed by atoms with E-state index in [0.717, 1.165) is 5.69 Å². The lowest BCUT2D eigenvalue weighted by Gasteiger charge is -2.08. The number of aliphatic hydroxyl groups excluding tert-OH is 1. The first-order chi connectivity index (χ1) is 13.6. The summed E-state index contributed by atoms with van der Waals surface area (Å²) >= 11 is 1.19. The SMILES string of the molecule is CCOC(=O)C1=C(O)/C(=C/c2ccc[nH]2)SC1=Nc1ccc(OC)c(OC)c1. The van der Waals surface area contributed by atoms with Crippen LogP contribution >= 0.6 is 11.8 Å². The Labute approximate surface area is 166 Å². The van der Waals surface area contributed by atoms with Gasteiger partial charge in [0.2, 0.25) is 0 Å². The Hall–Kier alpha value is -3.13. The minimum absolute atomic E-state index is 0.0411. The van der Waals surface area contributed by atoms with Gasteiger partial charge in [-0.2, -0.15) is 0 Å². The fourth-order valence-corrected chi connectivity index (χ4v) is 3.60. The largest absolute Gasteiger partial charge is 0.506 e. The number of ether oxygens (including phenoxy) is 3. The maximum Gasteiger partial charge on any atom is 0.344 e. The summed E-state index contributed by atoms with van der Waals surface area (Å²) in [5.74, 6) is 0.307. The minimum Gasteiger partial charge on any atom is -0.506 e. The zero-order valence-electron chi connectivity index (χ0n) is 15.7. The highest BCUT2D eigenvalue weighted by atomic mass is 32.2. The number of esters is 1. The molecular formula is C20H20N2O5S. The zero-order valence-corrected chi connectivity index (χ0v) is 16.5. The monoisotopic (exact) mass is 400 g/mol. The second kappa shape index (κ2) is 8.71. The number of aliphatic hydroxyl groups is 1. The lowest BCUT2D eigenvalue weighted by atomic mass is 10.2. The molecule has 28 heavy (non-hydrogen) atoms. The Morgan fingerprint density at radius 2 is 2.04 bits per heavy atom. The smallest absolute Gasteiger partial charge is 0.344 e. The van der Waals surface area contributed by atoms with E-state index in [1.54, 1.807) is 44.5 Å². The molecule has 2 heterocycles. The number of methoxy groups -OCH3 is 2. The van der Waals surface area contributed by atoms with Crippen LogP contribution in [0.3, 0.4) is 0 Å². The van der Waals surface area contributed by atoms with Gasteiger partial charge < -0.3 is 24.3 Å². The molecule has 0 amide bonds. The Morgan fingerprint density at radius 1 is 1.25 bits per heavy atom. The third-order valence-electron chi connectivity index (χ3n) is 3.88. The number of aromatic nitrogens is 1. The summed E-state index contributed by atoms with van der Waals surface area (Å²) in [6, 6.07) is 8.85. The number of hydrogen-bond donors (Lipinski definition) is 2. The van der Waals surface area contributed by atoms with Gasteiger partial charge in [-0.05, 0) is 37.3 Å². The molecule has 0 saturated heterocycles. The number of nitrogens with one attached hydrogen (secondary N) is 1. The molecular weight excluding hydrogens is 380 g/mol. The van der Waals surface area contributed by atoms with Crippen LogP contribution in [0.1, 0.15) is 12.6 Å². The first-order valence-electron chi connectivity index (χ1n) is 8.52. The highest BCUT2D eigenvalue weighted by molar-refractivity contribution is 8.18. The van der Waals surface area contributed by atoms with Crippen LogP contribution < -0.4 is 9.47 Å². The van der Waals surface area contributed by atoms with Crippen LogP contribution in [-0.4, -0.2) is 41.9 Å². The van der Waals surface area contributed by atoms with E-state index in [1.165, 1.54) is 18.9 Å². The molecule has 1 aliphatic heterocycles. The lowest BCUT2D eigenvalue weighted by molar-refractivity contribution is -0.138. The van der Waals surface area contributed by atoms with Crippen molar-refractivity contribution in [3.63, 3.8) is 0 Å². The minimum atomic E-state index is -0.624. The highest BCUT2D eigenvalue weighted by Gasteiger charge is 2.33. The van der Waals surface area contributed by atoms with E-state index in [2.05, 4.69) is 9.98 Å². The van der Waals surface area contributed by atoms with Crippen molar-refractivity contribution in [3.05, 3.63) is 58.5 Å². The molecule has 0 bridgehead atoms. The molecule has 8 heteroatoms. The molecule has 3 rings (SSSR count).